The highest BCUT2D eigenvalue weighted by Gasteiger charge is 2.13. The van der Waals surface area contributed by atoms with E-state index in [4.69, 9.17) is 4.74 Å². The van der Waals surface area contributed by atoms with Crippen LogP contribution in [0.15, 0.2) is 34.1 Å². The molecule has 0 saturated carbocycles. The van der Waals surface area contributed by atoms with Crippen molar-refractivity contribution < 1.29 is 14.3 Å². The third kappa shape index (κ3) is 5.81. The maximum atomic E-state index is 12.2. The van der Waals surface area contributed by atoms with Crippen LogP contribution in [0.5, 0.6) is 0 Å². The highest BCUT2D eigenvalue weighted by atomic mass is 32.2. The number of aromatic nitrogens is 4. The van der Waals surface area contributed by atoms with Gasteiger partial charge in [-0.15, -0.1) is 21.5 Å². The fourth-order valence-corrected chi connectivity index (χ4v) is 4.33. The average molecular weight is 422 g/mol. The number of hydrogen-bond acceptors (Lipinski definition) is 10. The van der Waals surface area contributed by atoms with Gasteiger partial charge in [-0.05, 0) is 19.1 Å². The second-order valence-corrected chi connectivity index (χ2v) is 8.11. The van der Waals surface area contributed by atoms with Crippen molar-refractivity contribution in [3.8, 4) is 10.7 Å². The van der Waals surface area contributed by atoms with Gasteiger partial charge in [0.05, 0.1) is 30.2 Å². The topological polar surface area (TPSA) is 107 Å². The SMILES string of the molecule is CCOC(=O)CSc1nnc(NC(=O)Cc2csc(-c3ccccn3)n2)s1. The minimum Gasteiger partial charge on any atom is -0.465 e. The molecule has 3 rings (SSSR count). The minimum atomic E-state index is -0.310. The normalized spacial score (nSPS) is 10.6. The summed E-state index contributed by atoms with van der Waals surface area (Å²) in [5.74, 6) is -0.382. The first-order chi connectivity index (χ1) is 13.1. The molecule has 3 aromatic heterocycles. The lowest BCUT2D eigenvalue weighted by molar-refractivity contribution is -0.139. The van der Waals surface area contributed by atoms with Crippen LogP contribution >= 0.6 is 34.4 Å². The molecule has 0 aliphatic carbocycles. The first-order valence-electron chi connectivity index (χ1n) is 7.91. The molecule has 27 heavy (non-hydrogen) atoms. The van der Waals surface area contributed by atoms with Gasteiger partial charge in [0.25, 0.3) is 0 Å². The zero-order valence-electron chi connectivity index (χ0n) is 14.2. The van der Waals surface area contributed by atoms with Crippen molar-refractivity contribution in [3.63, 3.8) is 0 Å². The molecule has 0 spiro atoms. The van der Waals surface area contributed by atoms with Crippen LogP contribution < -0.4 is 5.32 Å². The van der Waals surface area contributed by atoms with Crippen LogP contribution in [0.2, 0.25) is 0 Å². The van der Waals surface area contributed by atoms with E-state index in [2.05, 4.69) is 25.5 Å². The van der Waals surface area contributed by atoms with Gasteiger partial charge in [-0.2, -0.15) is 0 Å². The van der Waals surface area contributed by atoms with Crippen molar-refractivity contribution in [2.24, 2.45) is 0 Å². The molecule has 8 nitrogen and oxygen atoms in total. The second kappa shape index (κ2) is 9.53. The fourth-order valence-electron chi connectivity index (χ4n) is 1.96. The van der Waals surface area contributed by atoms with Gasteiger partial charge in [-0.25, -0.2) is 4.98 Å². The number of pyridine rings is 1. The van der Waals surface area contributed by atoms with Gasteiger partial charge in [0.2, 0.25) is 11.0 Å². The summed E-state index contributed by atoms with van der Waals surface area (Å²) in [4.78, 5) is 32.2. The van der Waals surface area contributed by atoms with Gasteiger partial charge in [0.15, 0.2) is 4.34 Å². The fraction of sp³-hybridized carbons (Fsp3) is 0.250. The van der Waals surface area contributed by atoms with Gasteiger partial charge >= 0.3 is 5.97 Å². The van der Waals surface area contributed by atoms with Crippen molar-refractivity contribution >= 4 is 51.4 Å². The van der Waals surface area contributed by atoms with Crippen molar-refractivity contribution in [2.45, 2.75) is 17.7 Å². The molecule has 11 heteroatoms. The number of rotatable bonds is 8. The Labute approximate surface area is 167 Å². The van der Waals surface area contributed by atoms with E-state index in [1.807, 2.05) is 23.6 Å². The van der Waals surface area contributed by atoms with Crippen LogP contribution in [0, 0.1) is 0 Å². The van der Waals surface area contributed by atoms with E-state index < -0.39 is 0 Å². The summed E-state index contributed by atoms with van der Waals surface area (Å²) in [7, 11) is 0. The Morgan fingerprint density at radius 3 is 2.96 bits per heavy atom. The molecule has 0 fully saturated rings. The van der Waals surface area contributed by atoms with Gasteiger partial charge < -0.3 is 10.1 Å². The number of hydrogen-bond donors (Lipinski definition) is 1. The molecular weight excluding hydrogens is 406 g/mol. The van der Waals surface area contributed by atoms with Crippen LogP contribution in [0.3, 0.4) is 0 Å². The molecule has 0 saturated heterocycles. The number of ether oxygens (including phenoxy) is 1. The number of carbonyl (C=O) groups excluding carboxylic acids is 2. The van der Waals surface area contributed by atoms with Gasteiger partial charge in [-0.3, -0.25) is 14.6 Å². The molecule has 1 N–H and O–H groups in total. The van der Waals surface area contributed by atoms with Gasteiger partial charge in [-0.1, -0.05) is 29.2 Å². The van der Waals surface area contributed by atoms with E-state index in [9.17, 15) is 9.59 Å². The number of thiazole rings is 1. The molecule has 0 bridgehead atoms. The van der Waals surface area contributed by atoms with Crippen LogP contribution in [0.4, 0.5) is 5.13 Å². The van der Waals surface area contributed by atoms with E-state index in [0.29, 0.717) is 21.8 Å². The van der Waals surface area contributed by atoms with Crippen molar-refractivity contribution in [2.75, 3.05) is 17.7 Å². The van der Waals surface area contributed by atoms with E-state index >= 15 is 0 Å². The molecule has 0 radical (unpaired) electrons. The Hall–Kier alpha value is -2.37. The van der Waals surface area contributed by atoms with Crippen LogP contribution in [0.25, 0.3) is 10.7 Å². The first kappa shape index (κ1) is 19.4. The van der Waals surface area contributed by atoms with E-state index in [0.717, 1.165) is 10.7 Å². The summed E-state index contributed by atoms with van der Waals surface area (Å²) in [6.07, 6.45) is 1.84. The van der Waals surface area contributed by atoms with Crippen molar-refractivity contribution in [3.05, 3.63) is 35.5 Å². The van der Waals surface area contributed by atoms with E-state index in [1.165, 1.54) is 34.4 Å². The average Bonchev–Trinajstić information content (AvgIpc) is 3.30. The van der Waals surface area contributed by atoms with Crippen molar-refractivity contribution in [1.82, 2.24) is 20.2 Å². The smallest absolute Gasteiger partial charge is 0.316 e. The molecule has 3 aromatic rings. The predicted molar refractivity (Wildman–Crippen MR) is 105 cm³/mol. The Morgan fingerprint density at radius 1 is 1.30 bits per heavy atom. The summed E-state index contributed by atoms with van der Waals surface area (Å²) >= 11 is 3.87. The monoisotopic (exact) mass is 421 g/mol. The number of nitrogens with one attached hydrogen (secondary N) is 1. The quantitative estimate of drug-likeness (QED) is 0.336. The third-order valence-corrected chi connectivity index (χ3v) is 5.91. The maximum Gasteiger partial charge on any atom is 0.316 e. The molecule has 0 aliphatic heterocycles. The molecule has 0 aliphatic rings. The molecule has 0 atom stereocenters. The van der Waals surface area contributed by atoms with E-state index in [1.54, 1.807) is 13.1 Å². The molecule has 140 valence electrons. The largest absolute Gasteiger partial charge is 0.465 e. The Balaban J connectivity index is 1.51. The minimum absolute atomic E-state index is 0.133. The number of nitrogens with zero attached hydrogens (tertiary/aromatic N) is 4. The lowest BCUT2D eigenvalue weighted by atomic mass is 10.3. The summed E-state index contributed by atoms with van der Waals surface area (Å²) in [6.45, 7) is 2.10. The number of amides is 1. The zero-order valence-corrected chi connectivity index (χ0v) is 16.7. The van der Waals surface area contributed by atoms with Crippen molar-refractivity contribution in [1.29, 1.82) is 0 Å². The number of anilines is 1. The maximum absolute atomic E-state index is 12.2. The second-order valence-electron chi connectivity index (χ2n) is 5.05. The predicted octanol–water partition coefficient (Wildman–Crippen LogP) is 2.89. The Kier molecular flexibility index (Phi) is 6.85. The Morgan fingerprint density at radius 2 is 2.19 bits per heavy atom. The first-order valence-corrected chi connectivity index (χ1v) is 10.6. The molecule has 3 heterocycles. The van der Waals surface area contributed by atoms with E-state index in [-0.39, 0.29) is 24.1 Å². The number of thioether (sulfide) groups is 1. The summed E-state index contributed by atoms with van der Waals surface area (Å²) in [5, 5.41) is 13.5. The summed E-state index contributed by atoms with van der Waals surface area (Å²) in [5.41, 5.74) is 1.45. The molecule has 0 aromatic carbocycles. The molecule has 0 unspecified atom stereocenters. The number of carbonyl (C=O) groups is 2. The number of esters is 1. The van der Waals surface area contributed by atoms with Gasteiger partial charge in [0.1, 0.15) is 5.01 Å². The lowest BCUT2D eigenvalue weighted by Gasteiger charge is -1.99. The third-order valence-electron chi connectivity index (χ3n) is 3.05. The lowest BCUT2D eigenvalue weighted by Crippen LogP contribution is -2.14. The molecular formula is C16H15N5O3S3. The zero-order chi connectivity index (χ0) is 19.1. The molecule has 1 amide bonds. The van der Waals surface area contributed by atoms with Crippen LogP contribution in [-0.4, -0.2) is 44.4 Å². The highest BCUT2D eigenvalue weighted by Crippen LogP contribution is 2.26. The van der Waals surface area contributed by atoms with Crippen LogP contribution in [0.1, 0.15) is 12.6 Å². The van der Waals surface area contributed by atoms with Crippen LogP contribution in [-0.2, 0) is 20.7 Å². The summed E-state index contributed by atoms with van der Waals surface area (Å²) in [6, 6.07) is 5.61. The summed E-state index contributed by atoms with van der Waals surface area (Å²) < 4.78 is 5.44. The highest BCUT2D eigenvalue weighted by molar-refractivity contribution is 8.01. The van der Waals surface area contributed by atoms with Gasteiger partial charge in [0, 0.05) is 11.6 Å². The Bertz CT molecular complexity index is 913. The standard InChI is InChI=1S/C16H15N5O3S3/c1-2-24-13(23)9-26-16-21-20-15(27-16)19-12(22)7-10-8-25-14(18-10)11-5-3-4-6-17-11/h3-6,8H,2,7,9H2,1H3,(H,19,20,22).